The van der Waals surface area contributed by atoms with Gasteiger partial charge < -0.3 is 15.2 Å². The third-order valence-electron chi connectivity index (χ3n) is 2.48. The molecule has 1 atom stereocenters. The molecule has 0 saturated heterocycles. The van der Waals surface area contributed by atoms with Gasteiger partial charge in [-0.2, -0.15) is 0 Å². The third kappa shape index (κ3) is 4.21. The highest BCUT2D eigenvalue weighted by molar-refractivity contribution is 5.45. The molecule has 2 N–H and O–H groups in total. The Kier molecular flexibility index (Phi) is 5.29. The van der Waals surface area contributed by atoms with E-state index in [1.807, 2.05) is 12.1 Å². The Morgan fingerprint density at radius 2 is 1.88 bits per heavy atom. The van der Waals surface area contributed by atoms with Crippen LogP contribution in [-0.2, 0) is 4.74 Å². The smallest absolute Gasteiger partial charge is 0.0945 e. The number of aliphatic hydroxyl groups excluding tert-OH is 1. The molecule has 1 aromatic rings. The summed E-state index contributed by atoms with van der Waals surface area (Å²) in [5.41, 5.74) is 2.35. The minimum atomic E-state index is -0.463. The monoisotopic (exact) mass is 223 g/mol. The molecule has 0 amide bonds. The van der Waals surface area contributed by atoms with Gasteiger partial charge in [-0.05, 0) is 23.6 Å². The number of anilines is 1. The van der Waals surface area contributed by atoms with Crippen molar-refractivity contribution < 1.29 is 9.84 Å². The first kappa shape index (κ1) is 13.0. The highest BCUT2D eigenvalue weighted by atomic mass is 16.5. The van der Waals surface area contributed by atoms with Crippen molar-refractivity contribution in [1.82, 2.24) is 0 Å². The van der Waals surface area contributed by atoms with Crippen LogP contribution in [0.25, 0.3) is 0 Å². The Morgan fingerprint density at radius 3 is 2.38 bits per heavy atom. The molecule has 3 nitrogen and oxygen atoms in total. The highest BCUT2D eigenvalue weighted by Gasteiger charge is 2.03. The van der Waals surface area contributed by atoms with E-state index in [-0.39, 0.29) is 0 Å². The van der Waals surface area contributed by atoms with Crippen LogP contribution in [0.5, 0.6) is 0 Å². The quantitative estimate of drug-likeness (QED) is 0.777. The molecular weight excluding hydrogens is 202 g/mol. The van der Waals surface area contributed by atoms with E-state index < -0.39 is 6.10 Å². The zero-order chi connectivity index (χ0) is 12.0. The fraction of sp³-hybridized carbons (Fsp3) is 0.538. The lowest BCUT2D eigenvalue weighted by molar-refractivity contribution is 0.0727. The van der Waals surface area contributed by atoms with Crippen molar-refractivity contribution in [1.29, 1.82) is 0 Å². The van der Waals surface area contributed by atoms with E-state index in [4.69, 9.17) is 4.74 Å². The highest BCUT2D eigenvalue weighted by Crippen LogP contribution is 2.16. The molecule has 0 fully saturated rings. The van der Waals surface area contributed by atoms with Gasteiger partial charge in [0.15, 0.2) is 0 Å². The minimum absolute atomic E-state index is 0.358. The van der Waals surface area contributed by atoms with Crippen LogP contribution in [0.1, 0.15) is 25.3 Å². The van der Waals surface area contributed by atoms with Crippen LogP contribution in [0.4, 0.5) is 5.69 Å². The number of methoxy groups -OCH3 is 1. The van der Waals surface area contributed by atoms with Gasteiger partial charge in [0.25, 0.3) is 0 Å². The fourth-order valence-corrected chi connectivity index (χ4v) is 1.47. The van der Waals surface area contributed by atoms with Crippen molar-refractivity contribution in [2.45, 2.75) is 25.9 Å². The van der Waals surface area contributed by atoms with E-state index in [1.165, 1.54) is 5.56 Å². The zero-order valence-corrected chi connectivity index (χ0v) is 10.2. The first-order valence-electron chi connectivity index (χ1n) is 5.64. The van der Waals surface area contributed by atoms with Crippen molar-refractivity contribution >= 4 is 5.69 Å². The first-order chi connectivity index (χ1) is 7.63. The second kappa shape index (κ2) is 6.51. The zero-order valence-electron chi connectivity index (χ0n) is 10.2. The number of hydrogen-bond donors (Lipinski definition) is 2. The summed E-state index contributed by atoms with van der Waals surface area (Å²) in [5, 5.41) is 12.6. The maximum absolute atomic E-state index is 9.47. The fourth-order valence-electron chi connectivity index (χ4n) is 1.47. The Hall–Kier alpha value is -1.06. The van der Waals surface area contributed by atoms with E-state index in [0.29, 0.717) is 19.1 Å². The molecule has 0 aliphatic heterocycles. The van der Waals surface area contributed by atoms with Crippen LogP contribution < -0.4 is 5.32 Å². The lowest BCUT2D eigenvalue weighted by Crippen LogP contribution is -2.24. The minimum Gasteiger partial charge on any atom is -0.389 e. The molecule has 16 heavy (non-hydrogen) atoms. The molecule has 0 aliphatic carbocycles. The lowest BCUT2D eigenvalue weighted by Gasteiger charge is -2.12. The Balaban J connectivity index is 2.43. The number of aliphatic hydroxyl groups is 1. The average molecular weight is 223 g/mol. The summed E-state index contributed by atoms with van der Waals surface area (Å²) in [6.45, 7) is 5.21. The van der Waals surface area contributed by atoms with Crippen LogP contribution in [0.15, 0.2) is 24.3 Å². The number of benzene rings is 1. The van der Waals surface area contributed by atoms with Crippen LogP contribution in [-0.4, -0.2) is 31.5 Å². The summed E-state index contributed by atoms with van der Waals surface area (Å²) in [7, 11) is 1.58. The molecule has 0 saturated carbocycles. The normalized spacial score (nSPS) is 12.8. The van der Waals surface area contributed by atoms with Gasteiger partial charge in [-0.1, -0.05) is 26.0 Å². The van der Waals surface area contributed by atoms with E-state index in [0.717, 1.165) is 5.69 Å². The van der Waals surface area contributed by atoms with E-state index in [2.05, 4.69) is 31.3 Å². The van der Waals surface area contributed by atoms with Crippen molar-refractivity contribution in [3.8, 4) is 0 Å². The lowest BCUT2D eigenvalue weighted by atomic mass is 10.0. The molecule has 0 bridgehead atoms. The molecule has 1 rings (SSSR count). The molecule has 0 spiro atoms. The van der Waals surface area contributed by atoms with Gasteiger partial charge in [-0.3, -0.25) is 0 Å². The van der Waals surface area contributed by atoms with Crippen molar-refractivity contribution in [2.24, 2.45) is 0 Å². The van der Waals surface area contributed by atoms with Crippen molar-refractivity contribution in [3.05, 3.63) is 29.8 Å². The first-order valence-corrected chi connectivity index (χ1v) is 5.64. The van der Waals surface area contributed by atoms with Crippen molar-refractivity contribution in [3.63, 3.8) is 0 Å². The van der Waals surface area contributed by atoms with Crippen LogP contribution in [0.2, 0.25) is 0 Å². The number of rotatable bonds is 6. The standard InChI is InChI=1S/C13H21NO2/c1-10(2)11-4-6-12(7-5-11)14-8-13(15)9-16-3/h4-7,10,13-15H,8-9H2,1-3H3. The van der Waals surface area contributed by atoms with Crippen LogP contribution in [0.3, 0.4) is 0 Å². The molecule has 0 aliphatic rings. The van der Waals surface area contributed by atoms with Gasteiger partial charge in [0.2, 0.25) is 0 Å². The Labute approximate surface area is 97.4 Å². The maximum atomic E-state index is 9.47. The average Bonchev–Trinajstić information content (AvgIpc) is 2.27. The third-order valence-corrected chi connectivity index (χ3v) is 2.48. The number of nitrogens with one attached hydrogen (secondary N) is 1. The predicted octanol–water partition coefficient (Wildman–Crippen LogP) is 2.23. The van der Waals surface area contributed by atoms with Gasteiger partial charge in [-0.25, -0.2) is 0 Å². The molecule has 3 heteroatoms. The second-order valence-corrected chi connectivity index (χ2v) is 4.27. The summed E-state index contributed by atoms with van der Waals surface area (Å²) in [6, 6.07) is 8.29. The topological polar surface area (TPSA) is 41.5 Å². The molecule has 1 aromatic carbocycles. The molecule has 90 valence electrons. The second-order valence-electron chi connectivity index (χ2n) is 4.27. The molecule has 0 aromatic heterocycles. The summed E-state index contributed by atoms with van der Waals surface area (Å²) >= 11 is 0. The Bertz CT molecular complexity index is 295. The van der Waals surface area contributed by atoms with Gasteiger partial charge in [-0.15, -0.1) is 0 Å². The van der Waals surface area contributed by atoms with Gasteiger partial charge in [0, 0.05) is 19.3 Å². The maximum Gasteiger partial charge on any atom is 0.0945 e. The summed E-state index contributed by atoms with van der Waals surface area (Å²) < 4.78 is 4.85. The molecule has 1 unspecified atom stereocenters. The van der Waals surface area contributed by atoms with Crippen molar-refractivity contribution in [2.75, 3.05) is 25.6 Å². The van der Waals surface area contributed by atoms with E-state index >= 15 is 0 Å². The summed E-state index contributed by atoms with van der Waals surface area (Å²) in [6.07, 6.45) is -0.463. The van der Waals surface area contributed by atoms with Gasteiger partial charge in [0.05, 0.1) is 12.7 Å². The SMILES string of the molecule is COCC(O)CNc1ccc(C(C)C)cc1. The predicted molar refractivity (Wildman–Crippen MR) is 66.9 cm³/mol. The largest absolute Gasteiger partial charge is 0.389 e. The van der Waals surface area contributed by atoms with E-state index in [9.17, 15) is 5.11 Å². The van der Waals surface area contributed by atoms with Gasteiger partial charge in [0.1, 0.15) is 0 Å². The summed E-state index contributed by atoms with van der Waals surface area (Å²) in [4.78, 5) is 0. The summed E-state index contributed by atoms with van der Waals surface area (Å²) in [5.74, 6) is 0.549. The van der Waals surface area contributed by atoms with Crippen LogP contribution in [0, 0.1) is 0 Å². The molecule has 0 heterocycles. The van der Waals surface area contributed by atoms with E-state index in [1.54, 1.807) is 7.11 Å². The Morgan fingerprint density at radius 1 is 1.25 bits per heavy atom. The number of ether oxygens (including phenoxy) is 1. The van der Waals surface area contributed by atoms with Gasteiger partial charge >= 0.3 is 0 Å². The number of hydrogen-bond acceptors (Lipinski definition) is 3. The molecular formula is C13H21NO2. The van der Waals surface area contributed by atoms with Crippen LogP contribution >= 0.6 is 0 Å². The molecule has 0 radical (unpaired) electrons.